The van der Waals surface area contributed by atoms with Gasteiger partial charge in [-0.15, -0.1) is 0 Å². The summed E-state index contributed by atoms with van der Waals surface area (Å²) in [6.07, 6.45) is 1.62. The smallest absolute Gasteiger partial charge is 0.0914 e. The second kappa shape index (κ2) is 9.02. The Morgan fingerprint density at radius 1 is 0.897 bits per heavy atom. The molecule has 0 aliphatic rings. The van der Waals surface area contributed by atoms with Crippen LogP contribution >= 0.6 is 23.2 Å². The van der Waals surface area contributed by atoms with E-state index in [2.05, 4.69) is 28.2 Å². The Kier molecular flexibility index (Phi) is 6.22. The quantitative estimate of drug-likeness (QED) is 0.392. The molecule has 3 aromatic carbocycles. The molecule has 1 atom stereocenters. The van der Waals surface area contributed by atoms with Crippen LogP contribution in [0.5, 0.6) is 0 Å². The number of aromatic nitrogens is 1. The lowest BCUT2D eigenvalue weighted by Gasteiger charge is -2.11. The lowest BCUT2D eigenvalue weighted by Crippen LogP contribution is -2.20. The summed E-state index contributed by atoms with van der Waals surface area (Å²) in [5.41, 5.74) is 4.28. The molecule has 0 amide bonds. The number of hydrogen-bond donors (Lipinski definition) is 2. The minimum absolute atomic E-state index is 0.493. The standard InChI is InChI=1S/C24H22Cl2N2O/c25-20-11-10-18(22(26)12-20)15-28-16-19(21-8-4-5-9-23(21)28)13-27-14-24(29)17-6-2-1-3-7-17/h1-12,16,24,27,29H,13-15H2/t24-/m0/s1. The summed E-state index contributed by atoms with van der Waals surface area (Å²) < 4.78 is 2.20. The highest BCUT2D eigenvalue weighted by atomic mass is 35.5. The third-order valence-corrected chi connectivity index (χ3v) is 5.65. The highest BCUT2D eigenvalue weighted by Crippen LogP contribution is 2.26. The summed E-state index contributed by atoms with van der Waals surface area (Å²) in [6, 6.07) is 23.6. The third kappa shape index (κ3) is 4.65. The average molecular weight is 425 g/mol. The molecule has 3 nitrogen and oxygen atoms in total. The number of rotatable bonds is 7. The molecular weight excluding hydrogens is 403 g/mol. The fourth-order valence-corrected chi connectivity index (χ4v) is 4.03. The normalized spacial score (nSPS) is 12.4. The van der Waals surface area contributed by atoms with Crippen molar-refractivity contribution >= 4 is 34.1 Å². The summed E-state index contributed by atoms with van der Waals surface area (Å²) in [5, 5.41) is 16.3. The van der Waals surface area contributed by atoms with Crippen LogP contribution in [0.3, 0.4) is 0 Å². The molecule has 1 aromatic heterocycles. The van der Waals surface area contributed by atoms with Crippen molar-refractivity contribution < 1.29 is 5.11 Å². The van der Waals surface area contributed by atoms with Crippen LogP contribution in [0.4, 0.5) is 0 Å². The Bertz CT molecular complexity index is 1110. The van der Waals surface area contributed by atoms with Crippen LogP contribution in [-0.4, -0.2) is 16.2 Å². The number of para-hydroxylation sites is 1. The summed E-state index contributed by atoms with van der Waals surface area (Å²) in [6.45, 7) is 1.83. The second-order valence-corrected chi connectivity index (χ2v) is 7.94. The minimum atomic E-state index is -0.530. The van der Waals surface area contributed by atoms with Crippen LogP contribution in [0.2, 0.25) is 10.0 Å². The number of hydrogen-bond acceptors (Lipinski definition) is 2. The van der Waals surface area contributed by atoms with E-state index in [0.717, 1.165) is 16.6 Å². The molecule has 148 valence electrons. The van der Waals surface area contributed by atoms with Crippen molar-refractivity contribution in [3.05, 3.63) is 106 Å². The van der Waals surface area contributed by atoms with Crippen LogP contribution in [0.15, 0.2) is 79.0 Å². The van der Waals surface area contributed by atoms with Gasteiger partial charge in [0.1, 0.15) is 0 Å². The van der Waals surface area contributed by atoms with E-state index in [0.29, 0.717) is 29.7 Å². The number of aliphatic hydroxyl groups excluding tert-OH is 1. The van der Waals surface area contributed by atoms with Crippen molar-refractivity contribution in [3.8, 4) is 0 Å². The zero-order valence-corrected chi connectivity index (χ0v) is 17.4. The van der Waals surface area contributed by atoms with E-state index in [1.54, 1.807) is 6.07 Å². The predicted molar refractivity (Wildman–Crippen MR) is 121 cm³/mol. The van der Waals surface area contributed by atoms with E-state index in [4.69, 9.17) is 23.2 Å². The Labute approximate surface area is 180 Å². The van der Waals surface area contributed by atoms with E-state index in [9.17, 15) is 5.11 Å². The van der Waals surface area contributed by atoms with Crippen molar-refractivity contribution in [3.63, 3.8) is 0 Å². The zero-order valence-electron chi connectivity index (χ0n) is 15.9. The highest BCUT2D eigenvalue weighted by molar-refractivity contribution is 6.35. The van der Waals surface area contributed by atoms with Gasteiger partial charge in [0, 0.05) is 46.8 Å². The maximum absolute atomic E-state index is 10.4. The van der Waals surface area contributed by atoms with Gasteiger partial charge < -0.3 is 15.0 Å². The molecule has 2 N–H and O–H groups in total. The van der Waals surface area contributed by atoms with E-state index in [1.807, 2.05) is 54.6 Å². The number of nitrogens with zero attached hydrogens (tertiary/aromatic N) is 1. The largest absolute Gasteiger partial charge is 0.387 e. The molecule has 5 heteroatoms. The fourth-order valence-electron chi connectivity index (χ4n) is 3.56. The van der Waals surface area contributed by atoms with Gasteiger partial charge in [-0.2, -0.15) is 0 Å². The number of halogens is 2. The van der Waals surface area contributed by atoms with E-state index >= 15 is 0 Å². The van der Waals surface area contributed by atoms with Gasteiger partial charge in [-0.05, 0) is 34.9 Å². The number of fused-ring (bicyclic) bond motifs is 1. The molecule has 0 spiro atoms. The molecule has 0 radical (unpaired) electrons. The molecule has 0 unspecified atom stereocenters. The summed E-state index contributed by atoms with van der Waals surface area (Å²) in [5.74, 6) is 0. The van der Waals surface area contributed by atoms with Gasteiger partial charge >= 0.3 is 0 Å². The first kappa shape index (κ1) is 20.0. The van der Waals surface area contributed by atoms with E-state index in [-0.39, 0.29) is 0 Å². The molecular formula is C24H22Cl2N2O. The van der Waals surface area contributed by atoms with Crippen LogP contribution in [0.25, 0.3) is 10.9 Å². The summed E-state index contributed by atoms with van der Waals surface area (Å²) in [7, 11) is 0. The fraction of sp³-hybridized carbons (Fsp3) is 0.167. The number of benzene rings is 3. The Balaban J connectivity index is 1.51. The first-order valence-electron chi connectivity index (χ1n) is 9.56. The summed E-state index contributed by atoms with van der Waals surface area (Å²) in [4.78, 5) is 0. The first-order valence-corrected chi connectivity index (χ1v) is 10.3. The van der Waals surface area contributed by atoms with Gasteiger partial charge in [0.2, 0.25) is 0 Å². The average Bonchev–Trinajstić information content (AvgIpc) is 3.08. The minimum Gasteiger partial charge on any atom is -0.387 e. The van der Waals surface area contributed by atoms with E-state index < -0.39 is 6.10 Å². The lowest BCUT2D eigenvalue weighted by molar-refractivity contribution is 0.174. The molecule has 29 heavy (non-hydrogen) atoms. The molecule has 1 heterocycles. The number of nitrogens with one attached hydrogen (secondary N) is 1. The maximum Gasteiger partial charge on any atom is 0.0914 e. The molecule has 0 aliphatic heterocycles. The monoisotopic (exact) mass is 424 g/mol. The maximum atomic E-state index is 10.4. The second-order valence-electron chi connectivity index (χ2n) is 7.09. The van der Waals surface area contributed by atoms with Gasteiger partial charge in [0.25, 0.3) is 0 Å². The van der Waals surface area contributed by atoms with Gasteiger partial charge in [-0.1, -0.05) is 77.8 Å². The third-order valence-electron chi connectivity index (χ3n) is 5.06. The van der Waals surface area contributed by atoms with Crippen LogP contribution < -0.4 is 5.32 Å². The van der Waals surface area contributed by atoms with Crippen molar-refractivity contribution in [1.82, 2.24) is 9.88 Å². The Morgan fingerprint density at radius 3 is 2.45 bits per heavy atom. The van der Waals surface area contributed by atoms with Crippen LogP contribution in [0.1, 0.15) is 22.8 Å². The van der Waals surface area contributed by atoms with Crippen molar-refractivity contribution in [2.24, 2.45) is 0 Å². The molecule has 4 rings (SSSR count). The van der Waals surface area contributed by atoms with Crippen molar-refractivity contribution in [1.29, 1.82) is 0 Å². The highest BCUT2D eigenvalue weighted by Gasteiger charge is 2.11. The molecule has 0 saturated heterocycles. The molecule has 4 aromatic rings. The topological polar surface area (TPSA) is 37.2 Å². The van der Waals surface area contributed by atoms with Crippen LogP contribution in [-0.2, 0) is 13.1 Å². The van der Waals surface area contributed by atoms with Gasteiger partial charge in [0.15, 0.2) is 0 Å². The van der Waals surface area contributed by atoms with E-state index in [1.165, 1.54) is 10.9 Å². The SMILES string of the molecule is O[C@@H](CNCc1cn(Cc2ccc(Cl)cc2Cl)c2ccccc12)c1ccccc1. The number of aliphatic hydroxyl groups is 1. The zero-order chi connectivity index (χ0) is 20.2. The van der Waals surface area contributed by atoms with Gasteiger partial charge in [-0.3, -0.25) is 0 Å². The predicted octanol–water partition coefficient (Wildman–Crippen LogP) is 5.82. The molecule has 0 saturated carbocycles. The van der Waals surface area contributed by atoms with Crippen molar-refractivity contribution in [2.75, 3.05) is 6.54 Å². The Morgan fingerprint density at radius 2 is 1.66 bits per heavy atom. The molecule has 0 bridgehead atoms. The summed E-state index contributed by atoms with van der Waals surface area (Å²) >= 11 is 12.4. The van der Waals surface area contributed by atoms with Gasteiger partial charge in [-0.25, -0.2) is 0 Å². The molecule has 0 aliphatic carbocycles. The Hall–Kier alpha value is -2.30. The van der Waals surface area contributed by atoms with Gasteiger partial charge in [0.05, 0.1) is 6.10 Å². The first-order chi connectivity index (χ1) is 14.1. The van der Waals surface area contributed by atoms with Crippen molar-refractivity contribution in [2.45, 2.75) is 19.2 Å². The molecule has 0 fully saturated rings. The van der Waals surface area contributed by atoms with Crippen LogP contribution in [0, 0.1) is 0 Å². The lowest BCUT2D eigenvalue weighted by atomic mass is 10.1.